The lowest BCUT2D eigenvalue weighted by Gasteiger charge is -1.99. The molecule has 0 unspecified atom stereocenters. The van der Waals surface area contributed by atoms with E-state index in [-0.39, 0.29) is 11.3 Å². The standard InChI is InChI=1S/C7H5ClO5/c8-12-13-11-6-3-1-2-5(4-6)7(9)10/h1-4H,(H,9,10). The number of benzene rings is 1. The minimum atomic E-state index is -1.06. The van der Waals surface area contributed by atoms with E-state index in [1.165, 1.54) is 24.3 Å². The number of halogens is 1. The van der Waals surface area contributed by atoms with Crippen LogP contribution >= 0.6 is 11.9 Å². The summed E-state index contributed by atoms with van der Waals surface area (Å²) in [6, 6.07) is 5.66. The second-order valence-corrected chi connectivity index (χ2v) is 2.17. The summed E-state index contributed by atoms with van der Waals surface area (Å²) in [6.07, 6.45) is 0. The molecule has 0 spiro atoms. The molecule has 70 valence electrons. The Bertz CT molecular complexity index is 301. The van der Waals surface area contributed by atoms with Crippen LogP contribution in [0.5, 0.6) is 5.75 Å². The molecule has 0 amide bonds. The van der Waals surface area contributed by atoms with Crippen molar-refractivity contribution in [2.75, 3.05) is 0 Å². The van der Waals surface area contributed by atoms with Crippen LogP contribution in [0.2, 0.25) is 0 Å². The molecule has 1 N–H and O–H groups in total. The fourth-order valence-electron chi connectivity index (χ4n) is 0.733. The van der Waals surface area contributed by atoms with Crippen molar-refractivity contribution in [3.8, 4) is 5.75 Å². The van der Waals surface area contributed by atoms with Gasteiger partial charge < -0.3 is 9.99 Å². The normalized spacial score (nSPS) is 9.62. The number of carboxylic acids is 1. The average Bonchev–Trinajstić information content (AvgIpc) is 2.15. The molecule has 1 rings (SSSR count). The van der Waals surface area contributed by atoms with Gasteiger partial charge in [0, 0.05) is 5.04 Å². The van der Waals surface area contributed by atoms with Crippen molar-refractivity contribution in [1.82, 2.24) is 0 Å². The first-order valence-electron chi connectivity index (χ1n) is 3.19. The van der Waals surface area contributed by atoms with Crippen LogP contribution in [0.15, 0.2) is 24.3 Å². The van der Waals surface area contributed by atoms with E-state index in [0.717, 1.165) is 0 Å². The molecule has 5 nitrogen and oxygen atoms in total. The smallest absolute Gasteiger partial charge is 0.335 e. The summed E-state index contributed by atoms with van der Waals surface area (Å²) in [4.78, 5) is 14.9. The summed E-state index contributed by atoms with van der Waals surface area (Å²) in [5.41, 5.74) is 0.0793. The number of aromatic carboxylic acids is 1. The maximum absolute atomic E-state index is 10.5. The molecule has 0 fully saturated rings. The Balaban J connectivity index is 2.73. The fourth-order valence-corrected chi connectivity index (χ4v) is 0.759. The van der Waals surface area contributed by atoms with Crippen LogP contribution in [0, 0.1) is 0 Å². The molecular weight excluding hydrogens is 200 g/mol. The topological polar surface area (TPSA) is 65.0 Å². The minimum Gasteiger partial charge on any atom is -0.478 e. The van der Waals surface area contributed by atoms with Crippen molar-refractivity contribution in [3.63, 3.8) is 0 Å². The second kappa shape index (κ2) is 4.66. The lowest BCUT2D eigenvalue weighted by atomic mass is 10.2. The van der Waals surface area contributed by atoms with Crippen LogP contribution in [0.3, 0.4) is 0 Å². The molecule has 0 aliphatic carbocycles. The molecule has 0 heterocycles. The zero-order chi connectivity index (χ0) is 9.68. The largest absolute Gasteiger partial charge is 0.478 e. The van der Waals surface area contributed by atoms with Crippen LogP contribution in [0.4, 0.5) is 0 Å². The number of hydrogen-bond acceptors (Lipinski definition) is 4. The van der Waals surface area contributed by atoms with Gasteiger partial charge in [-0.25, -0.2) is 4.79 Å². The summed E-state index contributed by atoms with van der Waals surface area (Å²) in [7, 11) is 0. The van der Waals surface area contributed by atoms with Gasteiger partial charge in [0.1, 0.15) is 11.9 Å². The summed E-state index contributed by atoms with van der Waals surface area (Å²) in [6.45, 7) is 0. The second-order valence-electron chi connectivity index (χ2n) is 2.05. The molecule has 0 aliphatic heterocycles. The van der Waals surface area contributed by atoms with Crippen molar-refractivity contribution < 1.29 is 24.3 Å². The van der Waals surface area contributed by atoms with E-state index in [9.17, 15) is 4.79 Å². The van der Waals surface area contributed by atoms with Gasteiger partial charge in [-0.1, -0.05) is 10.5 Å². The van der Waals surface area contributed by atoms with Gasteiger partial charge in [-0.05, 0) is 18.2 Å². The predicted octanol–water partition coefficient (Wildman–Crippen LogP) is 1.78. The third-order valence-corrected chi connectivity index (χ3v) is 1.29. The molecule has 1 aromatic carbocycles. The molecule has 0 saturated carbocycles. The summed E-state index contributed by atoms with van der Waals surface area (Å²) in [5, 5.41) is 12.5. The fraction of sp³-hybridized carbons (Fsp3) is 0. The highest BCUT2D eigenvalue weighted by Crippen LogP contribution is 2.13. The van der Waals surface area contributed by atoms with Crippen molar-refractivity contribution in [1.29, 1.82) is 0 Å². The van der Waals surface area contributed by atoms with E-state index in [1.807, 2.05) is 0 Å². The maximum Gasteiger partial charge on any atom is 0.335 e. The van der Waals surface area contributed by atoms with Gasteiger partial charge in [-0.3, -0.25) is 0 Å². The summed E-state index contributed by atoms with van der Waals surface area (Å²) in [5.74, 6) is -0.877. The number of rotatable bonds is 4. The Morgan fingerprint density at radius 3 is 2.85 bits per heavy atom. The Morgan fingerprint density at radius 1 is 1.46 bits per heavy atom. The van der Waals surface area contributed by atoms with E-state index >= 15 is 0 Å². The van der Waals surface area contributed by atoms with Crippen LogP contribution in [0.25, 0.3) is 0 Å². The minimum absolute atomic E-state index is 0.0793. The zero-order valence-corrected chi connectivity index (χ0v) is 7.02. The molecule has 0 radical (unpaired) electrons. The molecule has 13 heavy (non-hydrogen) atoms. The van der Waals surface area contributed by atoms with Crippen LogP contribution in [-0.4, -0.2) is 11.1 Å². The lowest BCUT2D eigenvalue weighted by Crippen LogP contribution is -1.98. The van der Waals surface area contributed by atoms with E-state index in [2.05, 4.69) is 14.4 Å². The quantitative estimate of drug-likeness (QED) is 0.598. The van der Waals surface area contributed by atoms with E-state index in [1.54, 1.807) is 0 Å². The molecular formula is C7H5ClO5. The van der Waals surface area contributed by atoms with Crippen molar-refractivity contribution >= 4 is 17.8 Å². The van der Waals surface area contributed by atoms with Crippen LogP contribution in [0.1, 0.15) is 10.4 Å². The zero-order valence-electron chi connectivity index (χ0n) is 6.27. The van der Waals surface area contributed by atoms with Crippen LogP contribution in [-0.2, 0) is 9.48 Å². The molecule has 0 atom stereocenters. The van der Waals surface area contributed by atoms with Gasteiger partial charge in [0.2, 0.25) is 0 Å². The first-order chi connectivity index (χ1) is 6.24. The first-order valence-corrected chi connectivity index (χ1v) is 3.50. The molecule has 0 saturated heterocycles. The Hall–Kier alpha value is -1.30. The average molecular weight is 205 g/mol. The predicted molar refractivity (Wildman–Crippen MR) is 42.1 cm³/mol. The summed E-state index contributed by atoms with van der Waals surface area (Å²) < 4.78 is 3.65. The highest BCUT2D eigenvalue weighted by Gasteiger charge is 2.04. The van der Waals surface area contributed by atoms with Gasteiger partial charge in [0.25, 0.3) is 0 Å². The molecule has 6 heteroatoms. The van der Waals surface area contributed by atoms with Gasteiger partial charge in [0.05, 0.1) is 5.56 Å². The van der Waals surface area contributed by atoms with Gasteiger partial charge in [-0.2, -0.15) is 0 Å². The molecule has 0 aliphatic rings. The highest BCUT2D eigenvalue weighted by molar-refractivity contribution is 6.06. The monoisotopic (exact) mass is 204 g/mol. The lowest BCUT2D eigenvalue weighted by molar-refractivity contribution is -0.411. The first kappa shape index (κ1) is 9.79. The van der Waals surface area contributed by atoms with E-state index in [4.69, 9.17) is 17.0 Å². The Labute approximate surface area is 78.4 Å². The molecule has 0 aromatic heterocycles. The Kier molecular flexibility index (Phi) is 3.51. The highest BCUT2D eigenvalue weighted by atomic mass is 35.5. The third kappa shape index (κ3) is 2.90. The van der Waals surface area contributed by atoms with Crippen molar-refractivity contribution in [2.24, 2.45) is 0 Å². The van der Waals surface area contributed by atoms with Gasteiger partial charge in [0.15, 0.2) is 5.75 Å². The molecule has 0 bridgehead atoms. The number of carboxylic acid groups (broad SMARTS) is 1. The number of carbonyl (C=O) groups is 1. The van der Waals surface area contributed by atoms with Gasteiger partial charge >= 0.3 is 5.97 Å². The number of hydrogen-bond donors (Lipinski definition) is 1. The van der Waals surface area contributed by atoms with Gasteiger partial charge in [-0.15, -0.1) is 0 Å². The SMILES string of the molecule is O=C(O)c1cccc(OOOCl)c1. The Morgan fingerprint density at radius 2 is 2.23 bits per heavy atom. The maximum atomic E-state index is 10.5. The van der Waals surface area contributed by atoms with Crippen molar-refractivity contribution in [2.45, 2.75) is 0 Å². The van der Waals surface area contributed by atoms with E-state index < -0.39 is 5.97 Å². The van der Waals surface area contributed by atoms with Crippen molar-refractivity contribution in [3.05, 3.63) is 29.8 Å². The molecule has 1 aromatic rings. The summed E-state index contributed by atoms with van der Waals surface area (Å²) >= 11 is 4.69. The van der Waals surface area contributed by atoms with Crippen LogP contribution < -0.4 is 4.89 Å². The third-order valence-electron chi connectivity index (χ3n) is 1.24. The van der Waals surface area contributed by atoms with E-state index in [0.29, 0.717) is 0 Å².